The number of rotatable bonds is 3. The first-order valence-electron chi connectivity index (χ1n) is 5.59. The minimum atomic E-state index is -0.467. The van der Waals surface area contributed by atoms with Crippen LogP contribution in [0.25, 0.3) is 11.3 Å². The largest absolute Gasteiger partial charge is 0.497 e. The summed E-state index contributed by atoms with van der Waals surface area (Å²) in [7, 11) is 1.57. The number of nitrogens with two attached hydrogens (primary N) is 1. The van der Waals surface area contributed by atoms with Crippen molar-refractivity contribution in [2.45, 2.75) is 6.92 Å². The Kier molecular flexibility index (Phi) is 3.33. The minimum absolute atomic E-state index is 0.0672. The van der Waals surface area contributed by atoms with Crippen molar-refractivity contribution < 1.29 is 9.66 Å². The molecule has 1 aromatic carbocycles. The van der Waals surface area contributed by atoms with E-state index in [-0.39, 0.29) is 17.2 Å². The molecule has 1 aromatic heterocycles. The number of benzene rings is 1. The molecule has 2 aromatic rings. The summed E-state index contributed by atoms with van der Waals surface area (Å²) in [5.74, 6) is 0.934. The van der Waals surface area contributed by atoms with E-state index >= 15 is 0 Å². The monoisotopic (exact) mass is 259 g/mol. The number of aromatic nitrogens is 1. The summed E-state index contributed by atoms with van der Waals surface area (Å²) in [5, 5.41) is 11.0. The van der Waals surface area contributed by atoms with Gasteiger partial charge >= 0.3 is 0 Å². The SMILES string of the molecule is COc1ccc(-c2nc(N)ccc2[N+](=O)[O-])c(C)c1. The van der Waals surface area contributed by atoms with Crippen molar-refractivity contribution in [2.75, 3.05) is 12.8 Å². The molecule has 0 aliphatic rings. The zero-order chi connectivity index (χ0) is 14.0. The van der Waals surface area contributed by atoms with E-state index in [1.165, 1.54) is 12.1 Å². The summed E-state index contributed by atoms with van der Waals surface area (Å²) in [6.45, 7) is 1.84. The quantitative estimate of drug-likeness (QED) is 0.675. The lowest BCUT2D eigenvalue weighted by molar-refractivity contribution is -0.384. The molecule has 1 heterocycles. The van der Waals surface area contributed by atoms with E-state index in [0.29, 0.717) is 11.3 Å². The molecular weight excluding hydrogens is 246 g/mol. The maximum absolute atomic E-state index is 11.0. The Bertz CT molecular complexity index is 641. The molecule has 0 saturated carbocycles. The van der Waals surface area contributed by atoms with Crippen LogP contribution in [-0.2, 0) is 0 Å². The minimum Gasteiger partial charge on any atom is -0.497 e. The first-order chi connectivity index (χ1) is 9.02. The molecule has 0 bridgehead atoms. The van der Waals surface area contributed by atoms with E-state index in [9.17, 15) is 10.1 Å². The molecule has 0 amide bonds. The van der Waals surface area contributed by atoms with Gasteiger partial charge in [-0.15, -0.1) is 0 Å². The van der Waals surface area contributed by atoms with Gasteiger partial charge in [-0.05, 0) is 36.8 Å². The molecule has 0 saturated heterocycles. The summed E-state index contributed by atoms with van der Waals surface area (Å²) in [5.41, 5.74) is 7.31. The van der Waals surface area contributed by atoms with Gasteiger partial charge in [0.15, 0.2) is 5.69 Å². The summed E-state index contributed by atoms with van der Waals surface area (Å²) < 4.78 is 5.11. The molecule has 0 unspecified atom stereocenters. The number of anilines is 1. The van der Waals surface area contributed by atoms with Gasteiger partial charge in [0.05, 0.1) is 12.0 Å². The van der Waals surface area contributed by atoms with E-state index in [4.69, 9.17) is 10.5 Å². The third-order valence-corrected chi connectivity index (χ3v) is 2.78. The number of methoxy groups -OCH3 is 1. The predicted octanol–water partition coefficient (Wildman–Crippen LogP) is 2.56. The highest BCUT2D eigenvalue weighted by atomic mass is 16.6. The molecule has 0 aliphatic carbocycles. The Morgan fingerprint density at radius 2 is 2.05 bits per heavy atom. The van der Waals surface area contributed by atoms with E-state index in [2.05, 4.69) is 4.98 Å². The highest BCUT2D eigenvalue weighted by molar-refractivity contribution is 5.74. The van der Waals surface area contributed by atoms with Gasteiger partial charge in [0.25, 0.3) is 5.69 Å². The first kappa shape index (κ1) is 12.8. The molecule has 2 rings (SSSR count). The Balaban J connectivity index is 2.64. The summed E-state index contributed by atoms with van der Waals surface area (Å²) in [4.78, 5) is 14.7. The second-order valence-electron chi connectivity index (χ2n) is 4.04. The number of pyridine rings is 1. The van der Waals surface area contributed by atoms with Gasteiger partial charge in [0.1, 0.15) is 11.6 Å². The highest BCUT2D eigenvalue weighted by Crippen LogP contribution is 2.32. The van der Waals surface area contributed by atoms with E-state index < -0.39 is 4.92 Å². The van der Waals surface area contributed by atoms with Gasteiger partial charge < -0.3 is 10.5 Å². The maximum Gasteiger partial charge on any atom is 0.295 e. The van der Waals surface area contributed by atoms with E-state index in [1.807, 2.05) is 6.92 Å². The lowest BCUT2D eigenvalue weighted by Crippen LogP contribution is -1.99. The van der Waals surface area contributed by atoms with E-state index in [0.717, 1.165) is 5.56 Å². The molecule has 19 heavy (non-hydrogen) atoms. The van der Waals surface area contributed by atoms with Crippen molar-refractivity contribution in [3.63, 3.8) is 0 Å². The smallest absolute Gasteiger partial charge is 0.295 e. The van der Waals surface area contributed by atoms with Crippen LogP contribution in [0.3, 0.4) is 0 Å². The molecule has 98 valence electrons. The molecule has 0 radical (unpaired) electrons. The third-order valence-electron chi connectivity index (χ3n) is 2.78. The van der Waals surface area contributed by atoms with Crippen LogP contribution in [0.1, 0.15) is 5.56 Å². The lowest BCUT2D eigenvalue weighted by atomic mass is 10.0. The fraction of sp³-hybridized carbons (Fsp3) is 0.154. The van der Waals surface area contributed by atoms with Gasteiger partial charge in [-0.2, -0.15) is 0 Å². The van der Waals surface area contributed by atoms with Gasteiger partial charge in [-0.25, -0.2) is 4.98 Å². The Morgan fingerprint density at radius 3 is 2.63 bits per heavy atom. The third kappa shape index (κ3) is 2.47. The fourth-order valence-electron chi connectivity index (χ4n) is 1.84. The lowest BCUT2D eigenvalue weighted by Gasteiger charge is -2.08. The van der Waals surface area contributed by atoms with Crippen LogP contribution in [0.15, 0.2) is 30.3 Å². The topological polar surface area (TPSA) is 91.3 Å². The van der Waals surface area contributed by atoms with Crippen LogP contribution in [0.2, 0.25) is 0 Å². The number of hydrogen-bond acceptors (Lipinski definition) is 5. The summed E-state index contributed by atoms with van der Waals surface area (Å²) in [6.07, 6.45) is 0. The zero-order valence-corrected chi connectivity index (χ0v) is 10.6. The van der Waals surface area contributed by atoms with Crippen LogP contribution in [0, 0.1) is 17.0 Å². The summed E-state index contributed by atoms with van der Waals surface area (Å²) >= 11 is 0. The van der Waals surface area contributed by atoms with Gasteiger partial charge in [-0.3, -0.25) is 10.1 Å². The normalized spacial score (nSPS) is 10.2. The number of nitro groups is 1. The second-order valence-corrected chi connectivity index (χ2v) is 4.04. The number of hydrogen-bond donors (Lipinski definition) is 1. The van der Waals surface area contributed by atoms with E-state index in [1.54, 1.807) is 25.3 Å². The van der Waals surface area contributed by atoms with Crippen molar-refractivity contribution in [1.82, 2.24) is 4.98 Å². The zero-order valence-electron chi connectivity index (χ0n) is 10.6. The van der Waals surface area contributed by atoms with Crippen molar-refractivity contribution in [3.8, 4) is 17.0 Å². The number of ether oxygens (including phenoxy) is 1. The molecule has 0 fully saturated rings. The fourth-order valence-corrected chi connectivity index (χ4v) is 1.84. The molecule has 0 spiro atoms. The van der Waals surface area contributed by atoms with Crippen molar-refractivity contribution >= 4 is 11.5 Å². The van der Waals surface area contributed by atoms with Crippen molar-refractivity contribution in [1.29, 1.82) is 0 Å². The van der Waals surface area contributed by atoms with Crippen LogP contribution >= 0.6 is 0 Å². The van der Waals surface area contributed by atoms with Crippen LogP contribution in [-0.4, -0.2) is 17.0 Å². The van der Waals surface area contributed by atoms with Crippen molar-refractivity contribution in [2.24, 2.45) is 0 Å². The first-order valence-corrected chi connectivity index (χ1v) is 5.59. The molecule has 6 heteroatoms. The molecule has 2 N–H and O–H groups in total. The average molecular weight is 259 g/mol. The highest BCUT2D eigenvalue weighted by Gasteiger charge is 2.18. The molecule has 0 aliphatic heterocycles. The van der Waals surface area contributed by atoms with Crippen LogP contribution in [0.4, 0.5) is 11.5 Å². The summed E-state index contributed by atoms with van der Waals surface area (Å²) in [6, 6.07) is 8.05. The Labute approximate surface area is 110 Å². The van der Waals surface area contributed by atoms with Crippen LogP contribution in [0.5, 0.6) is 5.75 Å². The molecule has 0 atom stereocenters. The predicted molar refractivity (Wildman–Crippen MR) is 72.0 cm³/mol. The van der Waals surface area contributed by atoms with Gasteiger partial charge in [0.2, 0.25) is 0 Å². The molecule has 6 nitrogen and oxygen atoms in total. The number of nitrogens with zero attached hydrogens (tertiary/aromatic N) is 2. The molecular formula is C13H13N3O3. The second kappa shape index (κ2) is 4.93. The number of aryl methyl sites for hydroxylation is 1. The average Bonchev–Trinajstić information content (AvgIpc) is 2.38. The number of nitrogen functional groups attached to an aromatic ring is 1. The van der Waals surface area contributed by atoms with Gasteiger partial charge in [0, 0.05) is 11.6 Å². The Morgan fingerprint density at radius 1 is 1.32 bits per heavy atom. The van der Waals surface area contributed by atoms with Gasteiger partial charge in [-0.1, -0.05) is 0 Å². The Hall–Kier alpha value is -2.63. The maximum atomic E-state index is 11.0. The standard InChI is InChI=1S/C13H13N3O3/c1-8-7-9(19-2)3-4-10(8)13-11(16(17)18)5-6-12(14)15-13/h3-7H,1-2H3,(H2,14,15). The van der Waals surface area contributed by atoms with Crippen LogP contribution < -0.4 is 10.5 Å². The van der Waals surface area contributed by atoms with Crippen molar-refractivity contribution in [3.05, 3.63) is 46.0 Å².